The van der Waals surface area contributed by atoms with Gasteiger partial charge in [-0.15, -0.1) is 0 Å². The molecule has 100 valence electrons. The van der Waals surface area contributed by atoms with Crippen molar-refractivity contribution >= 4 is 0 Å². The second-order valence-electron chi connectivity index (χ2n) is 5.51. The van der Waals surface area contributed by atoms with Gasteiger partial charge in [-0.05, 0) is 34.6 Å². The molecule has 0 N–H and O–H groups in total. The third-order valence-corrected chi connectivity index (χ3v) is 3.00. The molecule has 0 aromatic rings. The summed E-state index contributed by atoms with van der Waals surface area (Å²) in [7, 11) is 1.61. The van der Waals surface area contributed by atoms with E-state index in [1.165, 1.54) is 0 Å². The summed E-state index contributed by atoms with van der Waals surface area (Å²) in [5.74, 6) is -1.24. The Balaban J connectivity index is 2.12. The molecular formula is C12H22O5. The van der Waals surface area contributed by atoms with Crippen molar-refractivity contribution in [3.63, 3.8) is 0 Å². The highest BCUT2D eigenvalue weighted by Crippen LogP contribution is 2.38. The van der Waals surface area contributed by atoms with Crippen LogP contribution in [0.15, 0.2) is 0 Å². The molecular weight excluding hydrogens is 224 g/mol. The van der Waals surface area contributed by atoms with E-state index in [-0.39, 0.29) is 18.3 Å². The van der Waals surface area contributed by atoms with Gasteiger partial charge in [-0.2, -0.15) is 0 Å². The van der Waals surface area contributed by atoms with Crippen LogP contribution in [0.4, 0.5) is 0 Å². The normalized spacial score (nSPS) is 44.1. The van der Waals surface area contributed by atoms with Crippen molar-refractivity contribution in [2.75, 3.05) is 7.11 Å². The summed E-state index contributed by atoms with van der Waals surface area (Å²) in [5, 5.41) is 0. The molecule has 2 aliphatic heterocycles. The summed E-state index contributed by atoms with van der Waals surface area (Å²) in [6, 6.07) is 0. The molecule has 17 heavy (non-hydrogen) atoms. The Morgan fingerprint density at radius 2 is 1.35 bits per heavy atom. The number of hydrogen-bond donors (Lipinski definition) is 0. The number of methoxy groups -OCH3 is 1. The maximum absolute atomic E-state index is 5.86. The fourth-order valence-corrected chi connectivity index (χ4v) is 2.46. The topological polar surface area (TPSA) is 46.2 Å². The van der Waals surface area contributed by atoms with Gasteiger partial charge in [0.15, 0.2) is 17.9 Å². The van der Waals surface area contributed by atoms with Crippen molar-refractivity contribution in [2.45, 2.75) is 70.8 Å². The van der Waals surface area contributed by atoms with Gasteiger partial charge < -0.3 is 23.7 Å². The number of rotatable bonds is 2. The van der Waals surface area contributed by atoms with E-state index in [0.29, 0.717) is 0 Å². The summed E-state index contributed by atoms with van der Waals surface area (Å²) in [4.78, 5) is 0. The first kappa shape index (κ1) is 13.2. The van der Waals surface area contributed by atoms with E-state index >= 15 is 0 Å². The van der Waals surface area contributed by atoms with Crippen LogP contribution in [-0.4, -0.2) is 43.3 Å². The predicted molar refractivity (Wildman–Crippen MR) is 60.3 cm³/mol. The molecule has 0 saturated carbocycles. The number of hydrogen-bond acceptors (Lipinski definition) is 5. The molecule has 0 spiro atoms. The minimum absolute atomic E-state index is 0.0508. The summed E-state index contributed by atoms with van der Waals surface area (Å²) >= 11 is 0. The Morgan fingerprint density at radius 1 is 0.824 bits per heavy atom. The quantitative estimate of drug-likeness (QED) is 0.741. The fourth-order valence-electron chi connectivity index (χ4n) is 2.46. The Labute approximate surface area is 102 Å². The van der Waals surface area contributed by atoms with Gasteiger partial charge in [-0.3, -0.25) is 0 Å². The largest absolute Gasteiger partial charge is 0.353 e. The van der Waals surface area contributed by atoms with E-state index in [4.69, 9.17) is 23.7 Å². The average molecular weight is 246 g/mol. The summed E-state index contributed by atoms with van der Waals surface area (Å²) in [5.41, 5.74) is 0. The third kappa shape index (κ3) is 2.63. The highest BCUT2D eigenvalue weighted by molar-refractivity contribution is 4.90. The van der Waals surface area contributed by atoms with Crippen LogP contribution in [0.1, 0.15) is 34.6 Å². The van der Waals surface area contributed by atoms with E-state index in [1.54, 1.807) is 7.11 Å². The minimum atomic E-state index is -0.652. The van der Waals surface area contributed by atoms with Gasteiger partial charge in [0.05, 0.1) is 6.10 Å². The van der Waals surface area contributed by atoms with Crippen molar-refractivity contribution in [2.24, 2.45) is 0 Å². The van der Waals surface area contributed by atoms with Gasteiger partial charge in [0.25, 0.3) is 0 Å². The molecule has 4 atom stereocenters. The van der Waals surface area contributed by atoms with Crippen molar-refractivity contribution in [3.8, 4) is 0 Å². The SMILES string of the molecule is CO[C@@H]1OC(C)(C)O[C@@H]1[C@H]1OC(C)(C)O[C@H]1C. The van der Waals surface area contributed by atoms with Crippen molar-refractivity contribution in [3.05, 3.63) is 0 Å². The van der Waals surface area contributed by atoms with Crippen molar-refractivity contribution < 1.29 is 23.7 Å². The molecule has 2 fully saturated rings. The van der Waals surface area contributed by atoms with Crippen LogP contribution in [0.5, 0.6) is 0 Å². The van der Waals surface area contributed by atoms with Crippen LogP contribution in [0.3, 0.4) is 0 Å². The fraction of sp³-hybridized carbons (Fsp3) is 1.00. The second kappa shape index (κ2) is 4.17. The van der Waals surface area contributed by atoms with Crippen LogP contribution in [0, 0.1) is 0 Å². The Bertz CT molecular complexity index is 289. The van der Waals surface area contributed by atoms with Crippen molar-refractivity contribution in [1.29, 1.82) is 0 Å². The molecule has 0 aromatic carbocycles. The first-order valence-electron chi connectivity index (χ1n) is 5.98. The zero-order valence-corrected chi connectivity index (χ0v) is 11.4. The van der Waals surface area contributed by atoms with Crippen LogP contribution < -0.4 is 0 Å². The highest BCUT2D eigenvalue weighted by atomic mass is 16.8. The molecule has 0 unspecified atom stereocenters. The minimum Gasteiger partial charge on any atom is -0.353 e. The molecule has 2 aliphatic rings. The van der Waals surface area contributed by atoms with E-state index < -0.39 is 17.9 Å². The van der Waals surface area contributed by atoms with Gasteiger partial charge in [0, 0.05) is 7.11 Å². The first-order valence-corrected chi connectivity index (χ1v) is 5.98. The van der Waals surface area contributed by atoms with Crippen LogP contribution in [0.2, 0.25) is 0 Å². The molecule has 5 heteroatoms. The van der Waals surface area contributed by atoms with E-state index in [0.717, 1.165) is 0 Å². The molecule has 0 aliphatic carbocycles. The second-order valence-corrected chi connectivity index (χ2v) is 5.51. The maximum Gasteiger partial charge on any atom is 0.189 e. The lowest BCUT2D eigenvalue weighted by molar-refractivity contribution is -0.183. The van der Waals surface area contributed by atoms with Gasteiger partial charge in [0.1, 0.15) is 12.2 Å². The summed E-state index contributed by atoms with van der Waals surface area (Å²) < 4.78 is 28.4. The van der Waals surface area contributed by atoms with Crippen LogP contribution in [-0.2, 0) is 23.7 Å². The molecule has 0 bridgehead atoms. The van der Waals surface area contributed by atoms with Crippen LogP contribution in [0.25, 0.3) is 0 Å². The van der Waals surface area contributed by atoms with Gasteiger partial charge in [-0.25, -0.2) is 0 Å². The van der Waals surface area contributed by atoms with E-state index in [2.05, 4.69) is 0 Å². The molecule has 0 amide bonds. The first-order chi connectivity index (χ1) is 7.74. The van der Waals surface area contributed by atoms with Gasteiger partial charge in [0.2, 0.25) is 0 Å². The van der Waals surface area contributed by atoms with E-state index in [1.807, 2.05) is 34.6 Å². The van der Waals surface area contributed by atoms with Gasteiger partial charge in [-0.1, -0.05) is 0 Å². The zero-order chi connectivity index (χ0) is 12.8. The number of ether oxygens (including phenoxy) is 5. The monoisotopic (exact) mass is 246 g/mol. The maximum atomic E-state index is 5.86. The lowest BCUT2D eigenvalue weighted by atomic mass is 10.1. The lowest BCUT2D eigenvalue weighted by Gasteiger charge is -2.24. The Hall–Kier alpha value is -0.200. The Kier molecular flexibility index (Phi) is 3.25. The molecule has 2 saturated heterocycles. The average Bonchev–Trinajstić information content (AvgIpc) is 2.62. The third-order valence-electron chi connectivity index (χ3n) is 3.00. The molecule has 5 nitrogen and oxygen atoms in total. The molecule has 2 rings (SSSR count). The van der Waals surface area contributed by atoms with E-state index in [9.17, 15) is 0 Å². The molecule has 0 radical (unpaired) electrons. The Morgan fingerprint density at radius 3 is 1.82 bits per heavy atom. The zero-order valence-electron chi connectivity index (χ0n) is 11.4. The van der Waals surface area contributed by atoms with Crippen molar-refractivity contribution in [1.82, 2.24) is 0 Å². The summed E-state index contributed by atoms with van der Waals surface area (Å²) in [6.45, 7) is 9.49. The summed E-state index contributed by atoms with van der Waals surface area (Å²) in [6.07, 6.45) is -0.927. The highest BCUT2D eigenvalue weighted by Gasteiger charge is 2.52. The smallest absolute Gasteiger partial charge is 0.189 e. The predicted octanol–water partition coefficient (Wildman–Crippen LogP) is 1.65. The molecule has 0 aromatic heterocycles. The molecule has 2 heterocycles. The lowest BCUT2D eigenvalue weighted by Crippen LogP contribution is -2.41. The standard InChI is InChI=1S/C12H22O5/c1-7-8(15-11(2,3)14-7)9-10(13-6)17-12(4,5)16-9/h7-10H,1-6H3/t7-,8-,9+,10+/m0/s1. The van der Waals surface area contributed by atoms with Gasteiger partial charge >= 0.3 is 0 Å². The van der Waals surface area contributed by atoms with Crippen LogP contribution >= 0.6 is 0 Å².